The summed E-state index contributed by atoms with van der Waals surface area (Å²) >= 11 is 0. The third-order valence-corrected chi connectivity index (χ3v) is 2.15. The van der Waals surface area contributed by atoms with Crippen LogP contribution in [-0.2, 0) is 6.54 Å². The summed E-state index contributed by atoms with van der Waals surface area (Å²) in [7, 11) is 0. The Morgan fingerprint density at radius 1 is 1.50 bits per heavy atom. The Hall–Kier alpha value is -2.44. The smallest absolute Gasteiger partial charge is 0.251 e. The van der Waals surface area contributed by atoms with Crippen molar-refractivity contribution in [1.29, 1.82) is 0 Å². The summed E-state index contributed by atoms with van der Waals surface area (Å²) < 4.78 is 17.9. The second-order valence-corrected chi connectivity index (χ2v) is 3.69. The number of amides is 1. The fraction of sp³-hybridized carbons (Fsp3) is 0.182. The summed E-state index contributed by atoms with van der Waals surface area (Å²) in [5.74, 6) is -0.259. The minimum atomic E-state index is -0.561. The van der Waals surface area contributed by atoms with Gasteiger partial charge in [0.05, 0.1) is 6.54 Å². The molecule has 0 unspecified atom stereocenters. The Bertz CT molecular complexity index is 562. The van der Waals surface area contributed by atoms with Crippen molar-refractivity contribution < 1.29 is 13.7 Å². The Balaban J connectivity index is 2.03. The highest BCUT2D eigenvalue weighted by atomic mass is 19.1. The Kier molecular flexibility index (Phi) is 3.22. The van der Waals surface area contributed by atoms with Gasteiger partial charge in [-0.15, -0.1) is 0 Å². The Morgan fingerprint density at radius 3 is 2.89 bits per heavy atom. The van der Waals surface area contributed by atoms with Gasteiger partial charge in [-0.05, 0) is 25.1 Å². The number of nitrogens with two attached hydrogens (primary N) is 1. The fourth-order valence-electron chi connectivity index (χ4n) is 1.41. The van der Waals surface area contributed by atoms with Crippen molar-refractivity contribution in [3.8, 4) is 0 Å². The molecule has 2 rings (SSSR count). The average molecular weight is 250 g/mol. The largest absolute Gasteiger partial charge is 0.399 e. The normalized spacial score (nSPS) is 10.3. The van der Waals surface area contributed by atoms with E-state index in [4.69, 9.17) is 10.3 Å². The summed E-state index contributed by atoms with van der Waals surface area (Å²) in [4.78, 5) is 15.6. The molecule has 2 aromatic rings. The van der Waals surface area contributed by atoms with Crippen LogP contribution in [0.5, 0.6) is 0 Å². The summed E-state index contributed by atoms with van der Waals surface area (Å²) in [6.07, 6.45) is 0. The molecule has 0 bridgehead atoms. The molecule has 7 heteroatoms. The molecule has 0 saturated carbocycles. The zero-order valence-corrected chi connectivity index (χ0v) is 9.61. The Labute approximate surface area is 102 Å². The number of carbonyl (C=O) groups excluding carboxylic acids is 1. The third-order valence-electron chi connectivity index (χ3n) is 2.15. The molecule has 1 aromatic carbocycles. The molecule has 0 aliphatic carbocycles. The number of aryl methyl sites for hydroxylation is 1. The van der Waals surface area contributed by atoms with Crippen molar-refractivity contribution in [1.82, 2.24) is 15.5 Å². The maximum atomic E-state index is 13.1. The number of nitrogen functional groups attached to an aromatic ring is 1. The molecule has 94 valence electrons. The van der Waals surface area contributed by atoms with Crippen LogP contribution in [0.15, 0.2) is 22.7 Å². The minimum Gasteiger partial charge on any atom is -0.399 e. The van der Waals surface area contributed by atoms with E-state index in [1.54, 1.807) is 6.92 Å². The van der Waals surface area contributed by atoms with Crippen molar-refractivity contribution in [3.05, 3.63) is 41.3 Å². The number of rotatable bonds is 3. The van der Waals surface area contributed by atoms with Crippen molar-refractivity contribution in [2.45, 2.75) is 13.5 Å². The number of halogens is 1. The van der Waals surface area contributed by atoms with Crippen LogP contribution in [0.3, 0.4) is 0 Å². The zero-order chi connectivity index (χ0) is 13.1. The zero-order valence-electron chi connectivity index (χ0n) is 9.61. The number of hydrogen-bond acceptors (Lipinski definition) is 5. The van der Waals surface area contributed by atoms with Crippen LogP contribution in [0.2, 0.25) is 0 Å². The van der Waals surface area contributed by atoms with Crippen molar-refractivity contribution in [2.24, 2.45) is 0 Å². The number of nitrogens with one attached hydrogen (secondary N) is 1. The third kappa shape index (κ3) is 2.82. The van der Waals surface area contributed by atoms with E-state index in [1.165, 1.54) is 6.07 Å². The molecule has 1 aromatic heterocycles. The van der Waals surface area contributed by atoms with E-state index in [2.05, 4.69) is 15.5 Å². The molecule has 0 aliphatic rings. The molecule has 0 radical (unpaired) electrons. The van der Waals surface area contributed by atoms with Gasteiger partial charge >= 0.3 is 0 Å². The van der Waals surface area contributed by atoms with E-state index >= 15 is 0 Å². The van der Waals surface area contributed by atoms with E-state index in [0.717, 1.165) is 12.1 Å². The highest BCUT2D eigenvalue weighted by molar-refractivity contribution is 5.94. The van der Waals surface area contributed by atoms with Crippen LogP contribution in [0.1, 0.15) is 22.1 Å². The van der Waals surface area contributed by atoms with Crippen molar-refractivity contribution in [2.75, 3.05) is 5.73 Å². The van der Waals surface area contributed by atoms with Gasteiger partial charge in [-0.2, -0.15) is 4.98 Å². The summed E-state index contributed by atoms with van der Waals surface area (Å²) in [6, 6.07) is 3.63. The van der Waals surface area contributed by atoms with Crippen LogP contribution in [-0.4, -0.2) is 16.0 Å². The van der Waals surface area contributed by atoms with Crippen LogP contribution in [0.4, 0.5) is 10.1 Å². The van der Waals surface area contributed by atoms with Gasteiger partial charge in [-0.25, -0.2) is 4.39 Å². The summed E-state index contributed by atoms with van der Waals surface area (Å²) in [6.45, 7) is 1.75. The topological polar surface area (TPSA) is 94.0 Å². The number of nitrogens with zero attached hydrogens (tertiary/aromatic N) is 2. The predicted octanol–water partition coefficient (Wildman–Crippen LogP) is 1.03. The molecule has 0 fully saturated rings. The van der Waals surface area contributed by atoms with Crippen LogP contribution >= 0.6 is 0 Å². The van der Waals surface area contributed by atoms with E-state index in [9.17, 15) is 9.18 Å². The molecule has 1 amide bonds. The Morgan fingerprint density at radius 2 is 2.28 bits per heavy atom. The second kappa shape index (κ2) is 4.82. The molecule has 0 spiro atoms. The molecule has 0 aliphatic heterocycles. The van der Waals surface area contributed by atoms with Crippen LogP contribution < -0.4 is 11.1 Å². The standard InChI is InChI=1S/C11H11FN4O2/c1-6-15-10(18-16-6)5-14-11(17)7-2-8(12)4-9(13)3-7/h2-4H,5,13H2,1H3,(H,14,17). The summed E-state index contributed by atoms with van der Waals surface area (Å²) in [5, 5.41) is 6.10. The molecule has 3 N–H and O–H groups in total. The van der Waals surface area contributed by atoms with Gasteiger partial charge in [0.2, 0.25) is 5.89 Å². The number of aromatic nitrogens is 2. The monoisotopic (exact) mass is 250 g/mol. The van der Waals surface area contributed by atoms with Crippen LogP contribution in [0.25, 0.3) is 0 Å². The van der Waals surface area contributed by atoms with Gasteiger partial charge in [0.15, 0.2) is 5.82 Å². The number of benzene rings is 1. The first-order chi connectivity index (χ1) is 8.54. The second-order valence-electron chi connectivity index (χ2n) is 3.69. The highest BCUT2D eigenvalue weighted by Gasteiger charge is 2.10. The average Bonchev–Trinajstić information content (AvgIpc) is 2.70. The maximum absolute atomic E-state index is 13.1. The predicted molar refractivity (Wildman–Crippen MR) is 61.0 cm³/mol. The quantitative estimate of drug-likeness (QED) is 0.793. The molecule has 6 nitrogen and oxygen atoms in total. The van der Waals surface area contributed by atoms with Crippen molar-refractivity contribution >= 4 is 11.6 Å². The molecular weight excluding hydrogens is 239 g/mol. The maximum Gasteiger partial charge on any atom is 0.251 e. The SMILES string of the molecule is Cc1noc(CNC(=O)c2cc(N)cc(F)c2)n1. The van der Waals surface area contributed by atoms with E-state index in [-0.39, 0.29) is 23.7 Å². The highest BCUT2D eigenvalue weighted by Crippen LogP contribution is 2.10. The lowest BCUT2D eigenvalue weighted by Crippen LogP contribution is -2.23. The van der Waals surface area contributed by atoms with Gasteiger partial charge in [-0.3, -0.25) is 4.79 Å². The molecule has 0 saturated heterocycles. The van der Waals surface area contributed by atoms with Gasteiger partial charge in [0.25, 0.3) is 5.91 Å². The van der Waals surface area contributed by atoms with Gasteiger partial charge in [0.1, 0.15) is 5.82 Å². The lowest BCUT2D eigenvalue weighted by molar-refractivity contribution is 0.0946. The van der Waals surface area contributed by atoms with E-state index in [0.29, 0.717) is 5.82 Å². The lowest BCUT2D eigenvalue weighted by Gasteiger charge is -2.03. The van der Waals surface area contributed by atoms with Gasteiger partial charge < -0.3 is 15.6 Å². The van der Waals surface area contributed by atoms with Crippen molar-refractivity contribution in [3.63, 3.8) is 0 Å². The van der Waals surface area contributed by atoms with Gasteiger partial charge in [0, 0.05) is 11.3 Å². The lowest BCUT2D eigenvalue weighted by atomic mass is 10.2. The molecule has 1 heterocycles. The first-order valence-electron chi connectivity index (χ1n) is 5.18. The minimum absolute atomic E-state index is 0.0795. The molecular formula is C11H11FN4O2. The van der Waals surface area contributed by atoms with E-state index in [1.807, 2.05) is 0 Å². The first-order valence-corrected chi connectivity index (χ1v) is 5.18. The number of hydrogen-bond donors (Lipinski definition) is 2. The fourth-order valence-corrected chi connectivity index (χ4v) is 1.41. The first kappa shape index (κ1) is 12.0. The van der Waals surface area contributed by atoms with Gasteiger partial charge in [-0.1, -0.05) is 5.16 Å². The molecule has 18 heavy (non-hydrogen) atoms. The molecule has 0 atom stereocenters. The van der Waals surface area contributed by atoms with E-state index < -0.39 is 11.7 Å². The van der Waals surface area contributed by atoms with Crippen LogP contribution in [0, 0.1) is 12.7 Å². The number of carbonyl (C=O) groups is 1. The summed E-state index contributed by atoms with van der Waals surface area (Å²) in [5.41, 5.74) is 5.78. The number of anilines is 1.